The molecule has 1 aliphatic heterocycles. The first-order valence-corrected chi connectivity index (χ1v) is 10.2. The van der Waals surface area contributed by atoms with Crippen LogP contribution in [0.4, 0.5) is 4.39 Å². The van der Waals surface area contributed by atoms with E-state index in [0.717, 1.165) is 43.5 Å². The second-order valence-corrected chi connectivity index (χ2v) is 7.70. The summed E-state index contributed by atoms with van der Waals surface area (Å²) in [5.74, 6) is 1.14. The molecular weight excluding hydrogens is 367 g/mol. The second-order valence-electron chi connectivity index (χ2n) is 7.70. The molecule has 0 unspecified atom stereocenters. The summed E-state index contributed by atoms with van der Waals surface area (Å²) >= 11 is 0. The van der Waals surface area contributed by atoms with Gasteiger partial charge in [-0.2, -0.15) is 0 Å². The Morgan fingerprint density at radius 3 is 2.52 bits per heavy atom. The maximum atomic E-state index is 13.1. The first-order valence-electron chi connectivity index (χ1n) is 10.2. The van der Waals surface area contributed by atoms with E-state index in [1.807, 2.05) is 11.0 Å². The van der Waals surface area contributed by atoms with Gasteiger partial charge in [0.2, 0.25) is 5.91 Å². The smallest absolute Gasteiger partial charge is 0.222 e. The number of aromatic nitrogens is 1. The van der Waals surface area contributed by atoms with Crippen molar-refractivity contribution in [2.75, 3.05) is 13.1 Å². The number of aryl methyl sites for hydroxylation is 1. The highest BCUT2D eigenvalue weighted by atomic mass is 19.1. The van der Waals surface area contributed by atoms with Gasteiger partial charge in [-0.05, 0) is 61.4 Å². The minimum absolute atomic E-state index is 0.175. The molecule has 0 saturated carbocycles. The predicted octanol–water partition coefficient (Wildman–Crippen LogP) is 4.89. The van der Waals surface area contributed by atoms with Crippen molar-refractivity contribution in [3.63, 3.8) is 0 Å². The fourth-order valence-electron chi connectivity index (χ4n) is 4.01. The van der Waals surface area contributed by atoms with E-state index in [-0.39, 0.29) is 11.7 Å². The lowest BCUT2D eigenvalue weighted by Crippen LogP contribution is -2.39. The first-order chi connectivity index (χ1) is 14.2. The standard InChI is InChI=1S/C24H25FN2O2/c25-22-9-6-20(7-10-22)24-21(17-26-29-24)8-11-23(28)27-14-12-19(13-15-27)16-18-4-2-1-3-5-18/h1-7,9-10,17,19H,8,11-16H2. The molecule has 1 amide bonds. The Labute approximate surface area is 170 Å². The molecule has 150 valence electrons. The summed E-state index contributed by atoms with van der Waals surface area (Å²) < 4.78 is 18.5. The molecule has 1 saturated heterocycles. The van der Waals surface area contributed by atoms with Crippen molar-refractivity contribution < 1.29 is 13.7 Å². The molecule has 0 N–H and O–H groups in total. The van der Waals surface area contributed by atoms with Gasteiger partial charge in [0.1, 0.15) is 5.82 Å². The van der Waals surface area contributed by atoms with Gasteiger partial charge in [-0.15, -0.1) is 0 Å². The highest BCUT2D eigenvalue weighted by molar-refractivity contribution is 5.77. The van der Waals surface area contributed by atoms with Gasteiger partial charge in [0.15, 0.2) is 5.76 Å². The van der Waals surface area contributed by atoms with E-state index < -0.39 is 0 Å². The van der Waals surface area contributed by atoms with Crippen LogP contribution in [-0.4, -0.2) is 29.1 Å². The topological polar surface area (TPSA) is 46.3 Å². The molecule has 0 spiro atoms. The Balaban J connectivity index is 1.28. The van der Waals surface area contributed by atoms with Crippen molar-refractivity contribution in [2.45, 2.75) is 32.1 Å². The number of rotatable bonds is 6. The average molecular weight is 392 g/mol. The van der Waals surface area contributed by atoms with Crippen LogP contribution in [0.1, 0.15) is 30.4 Å². The number of likely N-dealkylation sites (tertiary alicyclic amines) is 1. The van der Waals surface area contributed by atoms with Gasteiger partial charge in [-0.1, -0.05) is 35.5 Å². The molecule has 4 nitrogen and oxygen atoms in total. The molecule has 5 heteroatoms. The van der Waals surface area contributed by atoms with E-state index in [2.05, 4.69) is 29.4 Å². The third-order valence-corrected chi connectivity index (χ3v) is 5.69. The van der Waals surface area contributed by atoms with Crippen LogP contribution in [0.15, 0.2) is 65.3 Å². The fraction of sp³-hybridized carbons (Fsp3) is 0.333. The Hall–Kier alpha value is -2.95. The molecule has 0 bridgehead atoms. The van der Waals surface area contributed by atoms with Crippen LogP contribution in [-0.2, 0) is 17.6 Å². The monoisotopic (exact) mass is 392 g/mol. The fourth-order valence-corrected chi connectivity index (χ4v) is 4.01. The third kappa shape index (κ3) is 4.91. The molecule has 29 heavy (non-hydrogen) atoms. The Morgan fingerprint density at radius 1 is 1.07 bits per heavy atom. The summed E-state index contributed by atoms with van der Waals surface area (Å²) in [6.07, 6.45) is 5.84. The maximum absolute atomic E-state index is 13.1. The number of amides is 1. The molecule has 3 aromatic rings. The van der Waals surface area contributed by atoms with Gasteiger partial charge >= 0.3 is 0 Å². The van der Waals surface area contributed by atoms with Crippen LogP contribution in [0, 0.1) is 11.7 Å². The number of piperidine rings is 1. The van der Waals surface area contributed by atoms with E-state index in [1.54, 1.807) is 18.3 Å². The molecule has 2 aromatic carbocycles. The number of nitrogens with zero attached hydrogens (tertiary/aromatic N) is 2. The molecule has 0 radical (unpaired) electrons. The van der Waals surface area contributed by atoms with Crippen molar-refractivity contribution in [1.82, 2.24) is 10.1 Å². The molecule has 4 rings (SSSR count). The van der Waals surface area contributed by atoms with Gasteiger partial charge in [0.05, 0.1) is 6.20 Å². The van der Waals surface area contributed by atoms with Crippen LogP contribution in [0.2, 0.25) is 0 Å². The predicted molar refractivity (Wildman–Crippen MR) is 110 cm³/mol. The third-order valence-electron chi connectivity index (χ3n) is 5.69. The number of hydrogen-bond donors (Lipinski definition) is 0. The zero-order chi connectivity index (χ0) is 20.1. The zero-order valence-corrected chi connectivity index (χ0v) is 16.4. The van der Waals surface area contributed by atoms with Crippen LogP contribution >= 0.6 is 0 Å². The van der Waals surface area contributed by atoms with Gasteiger partial charge < -0.3 is 9.42 Å². The Morgan fingerprint density at radius 2 is 1.79 bits per heavy atom. The van der Waals surface area contributed by atoms with Gasteiger partial charge in [-0.3, -0.25) is 4.79 Å². The summed E-state index contributed by atoms with van der Waals surface area (Å²) in [4.78, 5) is 14.7. The number of benzene rings is 2. The second kappa shape index (κ2) is 9.03. The SMILES string of the molecule is O=C(CCc1cnoc1-c1ccc(F)cc1)N1CCC(Cc2ccccc2)CC1. The summed E-state index contributed by atoms with van der Waals surface area (Å²) in [5.41, 5.74) is 3.02. The lowest BCUT2D eigenvalue weighted by Gasteiger charge is -2.32. The highest BCUT2D eigenvalue weighted by Gasteiger charge is 2.23. The molecule has 0 aliphatic carbocycles. The largest absolute Gasteiger partial charge is 0.356 e. The summed E-state index contributed by atoms with van der Waals surface area (Å²) in [6, 6.07) is 16.7. The lowest BCUT2D eigenvalue weighted by atomic mass is 9.90. The number of halogens is 1. The molecule has 1 fully saturated rings. The van der Waals surface area contributed by atoms with E-state index >= 15 is 0 Å². The summed E-state index contributed by atoms with van der Waals surface area (Å²) in [5, 5.41) is 3.87. The minimum atomic E-state index is -0.291. The van der Waals surface area contributed by atoms with Crippen LogP contribution in [0.25, 0.3) is 11.3 Å². The lowest BCUT2D eigenvalue weighted by molar-refractivity contribution is -0.132. The minimum Gasteiger partial charge on any atom is -0.356 e. The number of carbonyl (C=O) groups is 1. The van der Waals surface area contributed by atoms with Crippen LogP contribution in [0.5, 0.6) is 0 Å². The van der Waals surface area contributed by atoms with Gasteiger partial charge in [0, 0.05) is 30.6 Å². The van der Waals surface area contributed by atoms with Crippen molar-refractivity contribution in [3.05, 3.63) is 77.7 Å². The van der Waals surface area contributed by atoms with Gasteiger partial charge in [-0.25, -0.2) is 4.39 Å². The molecule has 0 atom stereocenters. The number of hydrogen-bond acceptors (Lipinski definition) is 3. The van der Waals surface area contributed by atoms with Crippen molar-refractivity contribution in [3.8, 4) is 11.3 Å². The van der Waals surface area contributed by atoms with Crippen LogP contribution < -0.4 is 0 Å². The van der Waals surface area contributed by atoms with Crippen molar-refractivity contribution in [1.29, 1.82) is 0 Å². The van der Waals surface area contributed by atoms with Crippen molar-refractivity contribution >= 4 is 5.91 Å². The summed E-state index contributed by atoms with van der Waals surface area (Å²) in [6.45, 7) is 1.65. The molecule has 1 aromatic heterocycles. The maximum Gasteiger partial charge on any atom is 0.222 e. The Bertz CT molecular complexity index is 929. The first kappa shape index (κ1) is 19.4. The quantitative estimate of drug-likeness (QED) is 0.600. The molecule has 2 heterocycles. The summed E-state index contributed by atoms with van der Waals surface area (Å²) in [7, 11) is 0. The Kier molecular flexibility index (Phi) is 6.03. The average Bonchev–Trinajstić information content (AvgIpc) is 3.22. The molecule has 1 aliphatic rings. The molecular formula is C24H25FN2O2. The van der Waals surface area contributed by atoms with E-state index in [0.29, 0.717) is 24.5 Å². The van der Waals surface area contributed by atoms with E-state index in [9.17, 15) is 9.18 Å². The van der Waals surface area contributed by atoms with E-state index in [4.69, 9.17) is 4.52 Å². The van der Waals surface area contributed by atoms with Crippen molar-refractivity contribution in [2.24, 2.45) is 5.92 Å². The van der Waals surface area contributed by atoms with Gasteiger partial charge in [0.25, 0.3) is 0 Å². The normalized spacial score (nSPS) is 14.9. The van der Waals surface area contributed by atoms with Crippen LogP contribution in [0.3, 0.4) is 0 Å². The highest BCUT2D eigenvalue weighted by Crippen LogP contribution is 2.26. The number of carbonyl (C=O) groups excluding carboxylic acids is 1. The zero-order valence-electron chi connectivity index (χ0n) is 16.4. The van der Waals surface area contributed by atoms with E-state index in [1.165, 1.54) is 17.7 Å².